The highest BCUT2D eigenvalue weighted by Gasteiger charge is 2.16. The van der Waals surface area contributed by atoms with Crippen molar-refractivity contribution in [2.75, 3.05) is 5.73 Å². The number of halogens is 1. The van der Waals surface area contributed by atoms with Gasteiger partial charge in [-0.25, -0.2) is 9.37 Å². The highest BCUT2D eigenvalue weighted by atomic mass is 19.1. The summed E-state index contributed by atoms with van der Waals surface area (Å²) in [5, 5.41) is 0. The Morgan fingerprint density at radius 3 is 2.60 bits per heavy atom. The molecule has 0 fully saturated rings. The van der Waals surface area contributed by atoms with Crippen LogP contribution in [0.5, 0.6) is 0 Å². The molecule has 20 heavy (non-hydrogen) atoms. The van der Waals surface area contributed by atoms with E-state index in [0.29, 0.717) is 17.3 Å². The fourth-order valence-corrected chi connectivity index (χ4v) is 2.36. The van der Waals surface area contributed by atoms with Gasteiger partial charge in [-0.15, -0.1) is 0 Å². The third-order valence-electron chi connectivity index (χ3n) is 3.38. The average molecular weight is 275 g/mol. The monoisotopic (exact) mass is 275 g/mol. The SMILES string of the molecule is CCc1nc(-c2ccc(F)c(C)c2)c(N)n1CC(C)C. The maximum Gasteiger partial charge on any atom is 0.131 e. The van der Waals surface area contributed by atoms with Crippen LogP contribution in [0.1, 0.15) is 32.2 Å². The van der Waals surface area contributed by atoms with Gasteiger partial charge in [-0.05, 0) is 36.6 Å². The Morgan fingerprint density at radius 2 is 2.05 bits per heavy atom. The summed E-state index contributed by atoms with van der Waals surface area (Å²) in [5.74, 6) is 1.94. The number of nitrogens with two attached hydrogens (primary N) is 1. The average Bonchev–Trinajstić information content (AvgIpc) is 2.70. The number of nitrogens with zero attached hydrogens (tertiary/aromatic N) is 2. The molecule has 0 amide bonds. The van der Waals surface area contributed by atoms with E-state index in [-0.39, 0.29) is 5.82 Å². The third kappa shape index (κ3) is 2.69. The summed E-state index contributed by atoms with van der Waals surface area (Å²) in [6.45, 7) is 8.97. The lowest BCUT2D eigenvalue weighted by Crippen LogP contribution is -2.10. The molecule has 0 aliphatic rings. The van der Waals surface area contributed by atoms with Gasteiger partial charge in [-0.3, -0.25) is 0 Å². The smallest absolute Gasteiger partial charge is 0.131 e. The van der Waals surface area contributed by atoms with Crippen molar-refractivity contribution in [3.63, 3.8) is 0 Å². The molecule has 0 spiro atoms. The highest BCUT2D eigenvalue weighted by molar-refractivity contribution is 5.71. The number of aryl methyl sites for hydroxylation is 2. The Kier molecular flexibility index (Phi) is 4.12. The molecule has 0 bridgehead atoms. The van der Waals surface area contributed by atoms with Crippen LogP contribution in [0.3, 0.4) is 0 Å². The van der Waals surface area contributed by atoms with Gasteiger partial charge in [0.2, 0.25) is 0 Å². The van der Waals surface area contributed by atoms with Crippen molar-refractivity contribution < 1.29 is 4.39 Å². The van der Waals surface area contributed by atoms with Gasteiger partial charge >= 0.3 is 0 Å². The first kappa shape index (κ1) is 14.6. The summed E-state index contributed by atoms with van der Waals surface area (Å²) in [6, 6.07) is 5.00. The van der Waals surface area contributed by atoms with Crippen molar-refractivity contribution in [2.24, 2.45) is 5.92 Å². The summed E-state index contributed by atoms with van der Waals surface area (Å²) in [4.78, 5) is 4.64. The number of nitrogen functional groups attached to an aromatic ring is 1. The first-order chi connectivity index (χ1) is 9.43. The number of anilines is 1. The normalized spacial score (nSPS) is 11.3. The molecule has 0 saturated carbocycles. The second-order valence-electron chi connectivity index (χ2n) is 5.58. The molecule has 1 aromatic heterocycles. The van der Waals surface area contributed by atoms with Crippen molar-refractivity contribution in [3.8, 4) is 11.3 Å². The minimum absolute atomic E-state index is 0.204. The van der Waals surface area contributed by atoms with Gasteiger partial charge in [0.15, 0.2) is 0 Å². The summed E-state index contributed by atoms with van der Waals surface area (Å²) < 4.78 is 15.4. The Morgan fingerprint density at radius 1 is 1.35 bits per heavy atom. The van der Waals surface area contributed by atoms with Crippen molar-refractivity contribution in [2.45, 2.75) is 40.7 Å². The van der Waals surface area contributed by atoms with Crippen LogP contribution in [0.25, 0.3) is 11.3 Å². The van der Waals surface area contributed by atoms with Gasteiger partial charge in [-0.1, -0.05) is 20.8 Å². The lowest BCUT2D eigenvalue weighted by atomic mass is 10.1. The quantitative estimate of drug-likeness (QED) is 0.922. The van der Waals surface area contributed by atoms with Gasteiger partial charge in [-0.2, -0.15) is 0 Å². The molecule has 0 aliphatic carbocycles. The molecule has 0 radical (unpaired) electrons. The van der Waals surface area contributed by atoms with E-state index < -0.39 is 0 Å². The van der Waals surface area contributed by atoms with Crippen LogP contribution >= 0.6 is 0 Å². The van der Waals surface area contributed by atoms with Crippen molar-refractivity contribution in [1.82, 2.24) is 9.55 Å². The van der Waals surface area contributed by atoms with E-state index >= 15 is 0 Å². The van der Waals surface area contributed by atoms with Crippen LogP contribution in [0.15, 0.2) is 18.2 Å². The number of hydrogen-bond acceptors (Lipinski definition) is 2. The fourth-order valence-electron chi connectivity index (χ4n) is 2.36. The van der Waals surface area contributed by atoms with Gasteiger partial charge in [0, 0.05) is 18.5 Å². The van der Waals surface area contributed by atoms with Gasteiger partial charge in [0.05, 0.1) is 0 Å². The molecule has 0 aliphatic heterocycles. The second-order valence-corrected chi connectivity index (χ2v) is 5.58. The molecular weight excluding hydrogens is 253 g/mol. The van der Waals surface area contributed by atoms with E-state index in [2.05, 4.69) is 30.3 Å². The second kappa shape index (κ2) is 5.65. The zero-order chi connectivity index (χ0) is 14.9. The van der Waals surface area contributed by atoms with Gasteiger partial charge < -0.3 is 10.3 Å². The largest absolute Gasteiger partial charge is 0.383 e. The Bertz CT molecular complexity index is 614. The van der Waals surface area contributed by atoms with E-state index in [0.717, 1.165) is 30.0 Å². The van der Waals surface area contributed by atoms with Gasteiger partial charge in [0.25, 0.3) is 0 Å². The maximum atomic E-state index is 13.4. The van der Waals surface area contributed by atoms with E-state index in [1.165, 1.54) is 6.07 Å². The fraction of sp³-hybridized carbons (Fsp3) is 0.438. The van der Waals surface area contributed by atoms with Crippen LogP contribution in [-0.2, 0) is 13.0 Å². The topological polar surface area (TPSA) is 43.8 Å². The predicted molar refractivity (Wildman–Crippen MR) is 81.0 cm³/mol. The number of aromatic nitrogens is 2. The minimum atomic E-state index is -0.204. The van der Waals surface area contributed by atoms with Crippen LogP contribution in [-0.4, -0.2) is 9.55 Å². The summed E-state index contributed by atoms with van der Waals surface area (Å²) in [5.41, 5.74) is 8.49. The van der Waals surface area contributed by atoms with E-state index in [1.54, 1.807) is 19.1 Å². The molecule has 2 aromatic rings. The van der Waals surface area contributed by atoms with Crippen LogP contribution < -0.4 is 5.73 Å². The lowest BCUT2D eigenvalue weighted by molar-refractivity contribution is 0.513. The summed E-state index contributed by atoms with van der Waals surface area (Å²) in [7, 11) is 0. The first-order valence-corrected chi connectivity index (χ1v) is 7.05. The van der Waals surface area contributed by atoms with Crippen molar-refractivity contribution in [1.29, 1.82) is 0 Å². The first-order valence-electron chi connectivity index (χ1n) is 7.05. The van der Waals surface area contributed by atoms with Crippen LogP contribution in [0.4, 0.5) is 10.2 Å². The van der Waals surface area contributed by atoms with E-state index in [4.69, 9.17) is 5.73 Å². The number of benzene rings is 1. The molecule has 108 valence electrons. The third-order valence-corrected chi connectivity index (χ3v) is 3.38. The molecular formula is C16H22FN3. The van der Waals surface area contributed by atoms with Crippen LogP contribution in [0, 0.1) is 18.7 Å². The lowest BCUT2D eigenvalue weighted by Gasteiger charge is -2.11. The molecule has 3 nitrogen and oxygen atoms in total. The molecule has 1 aromatic carbocycles. The number of hydrogen-bond donors (Lipinski definition) is 1. The maximum absolute atomic E-state index is 13.4. The molecule has 1 heterocycles. The minimum Gasteiger partial charge on any atom is -0.383 e. The summed E-state index contributed by atoms with van der Waals surface area (Å²) in [6.07, 6.45) is 0.830. The van der Waals surface area contributed by atoms with E-state index in [9.17, 15) is 4.39 Å². The molecule has 2 N–H and O–H groups in total. The Labute approximate surface area is 119 Å². The molecule has 2 rings (SSSR count). The molecule has 0 unspecified atom stereocenters. The zero-order valence-corrected chi connectivity index (χ0v) is 12.6. The van der Waals surface area contributed by atoms with Crippen molar-refractivity contribution >= 4 is 5.82 Å². The Balaban J connectivity index is 2.51. The zero-order valence-electron chi connectivity index (χ0n) is 12.6. The van der Waals surface area contributed by atoms with Crippen molar-refractivity contribution in [3.05, 3.63) is 35.4 Å². The van der Waals surface area contributed by atoms with E-state index in [1.807, 2.05) is 0 Å². The molecule has 0 saturated heterocycles. The highest BCUT2D eigenvalue weighted by Crippen LogP contribution is 2.28. The molecule has 0 atom stereocenters. The Hall–Kier alpha value is -1.84. The predicted octanol–water partition coefficient (Wildman–Crippen LogP) is 3.80. The van der Waals surface area contributed by atoms with Crippen LogP contribution in [0.2, 0.25) is 0 Å². The van der Waals surface area contributed by atoms with Gasteiger partial charge in [0.1, 0.15) is 23.2 Å². The number of rotatable bonds is 4. The standard InChI is InChI=1S/C16H22FN3/c1-5-14-19-15(16(18)20(14)9-10(2)3)12-6-7-13(17)11(4)8-12/h6-8,10H,5,9,18H2,1-4H3. The summed E-state index contributed by atoms with van der Waals surface area (Å²) >= 11 is 0. The number of imidazole rings is 1. The molecule has 4 heteroatoms.